The molecule has 20 heavy (non-hydrogen) atoms. The summed E-state index contributed by atoms with van der Waals surface area (Å²) >= 11 is 0. The lowest BCUT2D eigenvalue weighted by Crippen LogP contribution is -2.38. The van der Waals surface area contributed by atoms with E-state index in [1.807, 2.05) is 24.3 Å². The molecular formula is C15H25N3O2. The molecule has 0 spiro atoms. The number of nitrogens with two attached hydrogens (primary N) is 1. The summed E-state index contributed by atoms with van der Waals surface area (Å²) in [5.74, 6) is -0.0102. The van der Waals surface area contributed by atoms with E-state index in [0.717, 1.165) is 30.5 Å². The van der Waals surface area contributed by atoms with E-state index < -0.39 is 0 Å². The first-order valence-electron chi connectivity index (χ1n) is 6.97. The van der Waals surface area contributed by atoms with Crippen molar-refractivity contribution in [1.29, 1.82) is 0 Å². The van der Waals surface area contributed by atoms with Crippen LogP contribution < -0.4 is 16.4 Å². The predicted octanol–water partition coefficient (Wildman–Crippen LogP) is 1.49. The normalized spacial score (nSPS) is 12.2. The highest BCUT2D eigenvalue weighted by Crippen LogP contribution is 2.11. The molecular weight excluding hydrogens is 254 g/mol. The standard InChI is InChI=1S/C15H25N3O2/c1-17-14(5-3-4-10-16)15(19)18-13-8-6-12(7-9-13)11-20-2/h6-9,14,17H,3-5,10-11,16H2,1-2H3,(H,18,19)/t14-/m0/s1. The molecule has 0 saturated carbocycles. The van der Waals surface area contributed by atoms with Crippen LogP contribution >= 0.6 is 0 Å². The minimum atomic E-state index is -0.180. The molecule has 0 bridgehead atoms. The van der Waals surface area contributed by atoms with Crippen molar-refractivity contribution in [2.75, 3.05) is 26.0 Å². The van der Waals surface area contributed by atoms with Crippen LogP contribution in [0.5, 0.6) is 0 Å². The van der Waals surface area contributed by atoms with Crippen molar-refractivity contribution in [3.8, 4) is 0 Å². The number of rotatable bonds is 9. The number of carbonyl (C=O) groups excluding carboxylic acids is 1. The largest absolute Gasteiger partial charge is 0.380 e. The molecule has 0 aliphatic heterocycles. The highest BCUT2D eigenvalue weighted by atomic mass is 16.5. The molecule has 0 unspecified atom stereocenters. The molecule has 5 heteroatoms. The summed E-state index contributed by atoms with van der Waals surface area (Å²) in [6, 6.07) is 7.49. The van der Waals surface area contributed by atoms with E-state index in [9.17, 15) is 4.79 Å². The van der Waals surface area contributed by atoms with Crippen molar-refractivity contribution in [1.82, 2.24) is 5.32 Å². The van der Waals surface area contributed by atoms with Gasteiger partial charge in [0, 0.05) is 12.8 Å². The second-order valence-corrected chi connectivity index (χ2v) is 4.74. The van der Waals surface area contributed by atoms with Crippen LogP contribution in [-0.2, 0) is 16.1 Å². The molecule has 0 aliphatic carbocycles. The van der Waals surface area contributed by atoms with Gasteiger partial charge in [0.2, 0.25) is 5.91 Å². The summed E-state index contributed by atoms with van der Waals surface area (Å²) in [6.07, 6.45) is 2.68. The number of nitrogens with one attached hydrogen (secondary N) is 2. The van der Waals surface area contributed by atoms with Gasteiger partial charge in [-0.3, -0.25) is 4.79 Å². The number of hydrogen-bond acceptors (Lipinski definition) is 4. The highest BCUT2D eigenvalue weighted by Gasteiger charge is 2.15. The molecule has 112 valence electrons. The molecule has 0 fully saturated rings. The monoisotopic (exact) mass is 279 g/mol. The Morgan fingerprint density at radius 3 is 2.55 bits per heavy atom. The van der Waals surface area contributed by atoms with Gasteiger partial charge in [0.05, 0.1) is 12.6 Å². The van der Waals surface area contributed by atoms with Gasteiger partial charge in [0.1, 0.15) is 0 Å². The first kappa shape index (κ1) is 16.6. The van der Waals surface area contributed by atoms with Gasteiger partial charge in [0.15, 0.2) is 0 Å². The molecule has 1 aromatic rings. The van der Waals surface area contributed by atoms with Gasteiger partial charge in [-0.25, -0.2) is 0 Å². The lowest BCUT2D eigenvalue weighted by atomic mass is 10.1. The smallest absolute Gasteiger partial charge is 0.241 e. The molecule has 0 saturated heterocycles. The Hall–Kier alpha value is -1.43. The maximum absolute atomic E-state index is 12.1. The molecule has 1 atom stereocenters. The van der Waals surface area contributed by atoms with Crippen LogP contribution in [0.25, 0.3) is 0 Å². The summed E-state index contributed by atoms with van der Waals surface area (Å²) in [5, 5.41) is 5.96. The van der Waals surface area contributed by atoms with Crippen molar-refractivity contribution < 1.29 is 9.53 Å². The van der Waals surface area contributed by atoms with E-state index in [-0.39, 0.29) is 11.9 Å². The SMILES string of the molecule is CN[C@@H](CCCCN)C(=O)Nc1ccc(COC)cc1. The third kappa shape index (κ3) is 5.69. The second-order valence-electron chi connectivity index (χ2n) is 4.74. The fraction of sp³-hybridized carbons (Fsp3) is 0.533. The maximum Gasteiger partial charge on any atom is 0.241 e. The Morgan fingerprint density at radius 2 is 2.00 bits per heavy atom. The van der Waals surface area contributed by atoms with E-state index in [4.69, 9.17) is 10.5 Å². The number of likely N-dealkylation sites (N-methyl/N-ethyl adjacent to an activating group) is 1. The quantitative estimate of drug-likeness (QED) is 0.599. The van der Waals surface area contributed by atoms with Crippen LogP contribution in [-0.4, -0.2) is 32.7 Å². The molecule has 1 amide bonds. The second kappa shape index (κ2) is 9.47. The van der Waals surface area contributed by atoms with E-state index in [1.54, 1.807) is 14.2 Å². The molecule has 1 rings (SSSR count). The topological polar surface area (TPSA) is 76.4 Å². The molecule has 1 aromatic carbocycles. The zero-order valence-electron chi connectivity index (χ0n) is 12.3. The van der Waals surface area contributed by atoms with E-state index in [1.165, 1.54) is 0 Å². The molecule has 0 aromatic heterocycles. The minimum absolute atomic E-state index is 0.0102. The lowest BCUT2D eigenvalue weighted by Gasteiger charge is -2.16. The van der Waals surface area contributed by atoms with Gasteiger partial charge in [-0.05, 0) is 44.1 Å². The molecule has 4 N–H and O–H groups in total. The predicted molar refractivity (Wildman–Crippen MR) is 81.5 cm³/mol. The highest BCUT2D eigenvalue weighted by molar-refractivity contribution is 5.94. The Morgan fingerprint density at radius 1 is 1.30 bits per heavy atom. The number of ether oxygens (including phenoxy) is 1. The van der Waals surface area contributed by atoms with Crippen LogP contribution in [0.1, 0.15) is 24.8 Å². The van der Waals surface area contributed by atoms with Gasteiger partial charge < -0.3 is 21.1 Å². The zero-order valence-corrected chi connectivity index (χ0v) is 12.3. The molecule has 0 radical (unpaired) electrons. The van der Waals surface area contributed by atoms with Crippen LogP contribution in [0.3, 0.4) is 0 Å². The van der Waals surface area contributed by atoms with Crippen molar-refractivity contribution in [2.45, 2.75) is 31.9 Å². The Bertz CT molecular complexity index is 393. The first-order valence-corrected chi connectivity index (χ1v) is 6.97. The fourth-order valence-electron chi connectivity index (χ4n) is 1.98. The Kier molecular flexibility index (Phi) is 7.87. The maximum atomic E-state index is 12.1. The van der Waals surface area contributed by atoms with Gasteiger partial charge >= 0.3 is 0 Å². The Labute approximate surface area is 120 Å². The summed E-state index contributed by atoms with van der Waals surface area (Å²) in [5.41, 5.74) is 7.35. The van der Waals surface area contributed by atoms with Crippen LogP contribution in [0.15, 0.2) is 24.3 Å². The van der Waals surface area contributed by atoms with Gasteiger partial charge in [-0.1, -0.05) is 18.6 Å². The summed E-state index contributed by atoms with van der Waals surface area (Å²) < 4.78 is 5.05. The lowest BCUT2D eigenvalue weighted by molar-refractivity contribution is -0.118. The van der Waals surface area contributed by atoms with E-state index in [2.05, 4.69) is 10.6 Å². The number of unbranched alkanes of at least 4 members (excludes halogenated alkanes) is 1. The molecule has 0 aliphatic rings. The summed E-state index contributed by atoms with van der Waals surface area (Å²) in [7, 11) is 3.46. The van der Waals surface area contributed by atoms with Gasteiger partial charge in [0.25, 0.3) is 0 Å². The third-order valence-corrected chi connectivity index (χ3v) is 3.14. The van der Waals surface area contributed by atoms with Crippen molar-refractivity contribution >= 4 is 11.6 Å². The molecule has 0 heterocycles. The number of methoxy groups -OCH3 is 1. The van der Waals surface area contributed by atoms with Gasteiger partial charge in [-0.2, -0.15) is 0 Å². The first-order chi connectivity index (χ1) is 9.71. The summed E-state index contributed by atoms with van der Waals surface area (Å²) in [6.45, 7) is 1.24. The molecule has 5 nitrogen and oxygen atoms in total. The zero-order chi connectivity index (χ0) is 14.8. The van der Waals surface area contributed by atoms with E-state index >= 15 is 0 Å². The van der Waals surface area contributed by atoms with E-state index in [0.29, 0.717) is 13.2 Å². The van der Waals surface area contributed by atoms with Crippen molar-refractivity contribution in [3.05, 3.63) is 29.8 Å². The number of carbonyl (C=O) groups is 1. The average molecular weight is 279 g/mol. The van der Waals surface area contributed by atoms with Crippen LogP contribution in [0, 0.1) is 0 Å². The number of hydrogen-bond donors (Lipinski definition) is 3. The van der Waals surface area contributed by atoms with Gasteiger partial charge in [-0.15, -0.1) is 0 Å². The third-order valence-electron chi connectivity index (χ3n) is 3.14. The van der Waals surface area contributed by atoms with Crippen molar-refractivity contribution in [2.24, 2.45) is 5.73 Å². The average Bonchev–Trinajstić information content (AvgIpc) is 2.46. The fourth-order valence-corrected chi connectivity index (χ4v) is 1.98. The van der Waals surface area contributed by atoms with Crippen LogP contribution in [0.4, 0.5) is 5.69 Å². The number of anilines is 1. The number of amides is 1. The van der Waals surface area contributed by atoms with Crippen molar-refractivity contribution in [3.63, 3.8) is 0 Å². The summed E-state index contributed by atoms with van der Waals surface area (Å²) in [4.78, 5) is 12.1. The number of benzene rings is 1. The van der Waals surface area contributed by atoms with Crippen LogP contribution in [0.2, 0.25) is 0 Å². The minimum Gasteiger partial charge on any atom is -0.380 e. The Balaban J connectivity index is 2.50.